The summed E-state index contributed by atoms with van der Waals surface area (Å²) in [7, 11) is 0. The Balaban J connectivity index is 1.90. The van der Waals surface area contributed by atoms with Crippen LogP contribution in [0.25, 0.3) is 5.53 Å². The molecule has 2 rings (SSSR count). The van der Waals surface area contributed by atoms with Gasteiger partial charge in [0.2, 0.25) is 11.7 Å². The second-order valence-corrected chi connectivity index (χ2v) is 6.86. The summed E-state index contributed by atoms with van der Waals surface area (Å²) in [6.45, 7) is 0. The number of ether oxygens (including phenoxy) is 1. The third-order valence-corrected chi connectivity index (χ3v) is 4.69. The second-order valence-electron chi connectivity index (χ2n) is 6.86. The molecule has 2 aliphatic carbocycles. The molecule has 2 aliphatic rings. The van der Waals surface area contributed by atoms with Gasteiger partial charge in [0.05, 0.1) is 6.10 Å². The van der Waals surface area contributed by atoms with Crippen LogP contribution in [0.15, 0.2) is 0 Å². The van der Waals surface area contributed by atoms with E-state index in [2.05, 4.69) is 10.1 Å². The maximum Gasteiger partial charge on any atom is 0.326 e. The lowest BCUT2D eigenvalue weighted by Gasteiger charge is -2.22. The van der Waals surface area contributed by atoms with E-state index in [0.29, 0.717) is 12.3 Å². The largest absolute Gasteiger partial charge is 0.480 e. The highest BCUT2D eigenvalue weighted by atomic mass is 16.5. The van der Waals surface area contributed by atoms with Gasteiger partial charge in [-0.1, -0.05) is 25.7 Å². The highest BCUT2D eigenvalue weighted by Crippen LogP contribution is 2.32. The van der Waals surface area contributed by atoms with Gasteiger partial charge < -0.3 is 20.7 Å². The van der Waals surface area contributed by atoms with Crippen LogP contribution in [0, 0.1) is 5.92 Å². The molecule has 25 heavy (non-hydrogen) atoms. The SMILES string of the molecule is [N-]=[N+]=CC(=O)CCC(NC(=O)C(CC1CCCC1)OC1CC1)C(=O)O. The van der Waals surface area contributed by atoms with Crippen molar-refractivity contribution in [3.63, 3.8) is 0 Å². The Labute approximate surface area is 146 Å². The van der Waals surface area contributed by atoms with Gasteiger partial charge in [0.15, 0.2) is 0 Å². The number of Topliss-reactive ketones (excluding diaryl/α,β-unsaturated/α-hetero) is 1. The maximum absolute atomic E-state index is 12.5. The summed E-state index contributed by atoms with van der Waals surface area (Å²) in [6.07, 6.45) is 6.97. The first kappa shape index (κ1) is 19.3. The van der Waals surface area contributed by atoms with Crippen molar-refractivity contribution in [2.24, 2.45) is 5.92 Å². The van der Waals surface area contributed by atoms with Gasteiger partial charge in [-0.15, -0.1) is 0 Å². The summed E-state index contributed by atoms with van der Waals surface area (Å²) >= 11 is 0. The minimum atomic E-state index is -1.20. The quantitative estimate of drug-likeness (QED) is 0.329. The summed E-state index contributed by atoms with van der Waals surface area (Å²) in [4.78, 5) is 37.8. The average Bonchev–Trinajstić information content (AvgIpc) is 3.23. The monoisotopic (exact) mass is 351 g/mol. The number of aliphatic carboxylic acids is 1. The van der Waals surface area contributed by atoms with Crippen molar-refractivity contribution in [1.82, 2.24) is 5.32 Å². The van der Waals surface area contributed by atoms with E-state index in [1.165, 1.54) is 0 Å². The molecule has 8 heteroatoms. The van der Waals surface area contributed by atoms with Crippen LogP contribution < -0.4 is 5.32 Å². The second kappa shape index (κ2) is 9.44. The topological polar surface area (TPSA) is 129 Å². The van der Waals surface area contributed by atoms with E-state index in [4.69, 9.17) is 10.3 Å². The average molecular weight is 351 g/mol. The third-order valence-electron chi connectivity index (χ3n) is 4.69. The van der Waals surface area contributed by atoms with Crippen molar-refractivity contribution in [3.05, 3.63) is 5.53 Å². The van der Waals surface area contributed by atoms with Gasteiger partial charge in [-0.05, 0) is 31.6 Å². The molecular formula is C17H25N3O5. The van der Waals surface area contributed by atoms with Crippen molar-refractivity contribution in [3.8, 4) is 0 Å². The van der Waals surface area contributed by atoms with E-state index >= 15 is 0 Å². The Bertz CT molecular complexity index is 548. The zero-order valence-corrected chi connectivity index (χ0v) is 14.2. The van der Waals surface area contributed by atoms with Gasteiger partial charge in [-0.3, -0.25) is 9.59 Å². The number of nitrogens with zero attached hydrogens (tertiary/aromatic N) is 2. The molecule has 0 aromatic rings. The molecule has 0 spiro atoms. The van der Waals surface area contributed by atoms with Crippen molar-refractivity contribution in [2.75, 3.05) is 0 Å². The third kappa shape index (κ3) is 6.76. The number of hydrogen-bond donors (Lipinski definition) is 2. The molecule has 0 bridgehead atoms. The van der Waals surface area contributed by atoms with Crippen LogP contribution in [-0.2, 0) is 19.1 Å². The Morgan fingerprint density at radius 3 is 2.48 bits per heavy atom. The van der Waals surface area contributed by atoms with Crippen LogP contribution in [0.4, 0.5) is 0 Å². The van der Waals surface area contributed by atoms with Gasteiger partial charge in [-0.2, -0.15) is 4.79 Å². The molecule has 0 aromatic carbocycles. The molecule has 2 saturated carbocycles. The number of carbonyl (C=O) groups excluding carboxylic acids is 2. The van der Waals surface area contributed by atoms with Crippen LogP contribution in [-0.4, -0.2) is 52.0 Å². The fourth-order valence-electron chi connectivity index (χ4n) is 3.15. The van der Waals surface area contributed by atoms with Crippen molar-refractivity contribution >= 4 is 23.9 Å². The van der Waals surface area contributed by atoms with E-state index in [-0.39, 0.29) is 18.9 Å². The molecule has 2 N–H and O–H groups in total. The summed E-state index contributed by atoms with van der Waals surface area (Å²) < 4.78 is 5.80. The molecule has 1 amide bonds. The summed E-state index contributed by atoms with van der Waals surface area (Å²) in [5.74, 6) is -1.68. The first-order chi connectivity index (χ1) is 12.0. The predicted molar refractivity (Wildman–Crippen MR) is 88.0 cm³/mol. The zero-order valence-electron chi connectivity index (χ0n) is 14.2. The number of hydrogen-bond acceptors (Lipinski definition) is 4. The standard InChI is InChI=1S/C17H25N3O5/c18-19-10-12(21)5-8-14(17(23)24)20-16(22)15(25-13-6-7-13)9-11-3-1-2-4-11/h10-11,13-15H,1-9H2,(H,20,22)(H,23,24). The number of ketones is 1. The summed E-state index contributed by atoms with van der Waals surface area (Å²) in [6, 6.07) is -1.17. The first-order valence-corrected chi connectivity index (χ1v) is 8.88. The van der Waals surface area contributed by atoms with E-state index < -0.39 is 29.8 Å². The van der Waals surface area contributed by atoms with Gasteiger partial charge >= 0.3 is 12.2 Å². The molecular weight excluding hydrogens is 326 g/mol. The highest BCUT2D eigenvalue weighted by Gasteiger charge is 2.34. The van der Waals surface area contributed by atoms with Crippen LogP contribution in [0.1, 0.15) is 57.8 Å². The molecule has 0 radical (unpaired) electrons. The van der Waals surface area contributed by atoms with Gasteiger partial charge in [0.25, 0.3) is 0 Å². The molecule has 0 aliphatic heterocycles. The van der Waals surface area contributed by atoms with E-state index in [9.17, 15) is 19.5 Å². The molecule has 2 fully saturated rings. The lowest BCUT2D eigenvalue weighted by Crippen LogP contribution is -2.47. The molecule has 2 atom stereocenters. The fourth-order valence-corrected chi connectivity index (χ4v) is 3.15. The normalized spacial score (nSPS) is 19.7. The van der Waals surface area contributed by atoms with Crippen molar-refractivity contribution < 1.29 is 29.0 Å². The molecule has 8 nitrogen and oxygen atoms in total. The minimum absolute atomic E-state index is 0.0640. The molecule has 0 saturated heterocycles. The Morgan fingerprint density at radius 1 is 1.24 bits per heavy atom. The molecule has 0 aromatic heterocycles. The smallest absolute Gasteiger partial charge is 0.326 e. The predicted octanol–water partition coefficient (Wildman–Crippen LogP) is 1.33. The Morgan fingerprint density at radius 2 is 1.92 bits per heavy atom. The number of rotatable bonds is 11. The van der Waals surface area contributed by atoms with Gasteiger partial charge in [-0.25, -0.2) is 4.79 Å². The summed E-state index contributed by atoms with van der Waals surface area (Å²) in [5.41, 5.74) is 8.30. The summed E-state index contributed by atoms with van der Waals surface area (Å²) in [5, 5.41) is 11.8. The number of amides is 1. The van der Waals surface area contributed by atoms with Crippen LogP contribution in [0.3, 0.4) is 0 Å². The first-order valence-electron chi connectivity index (χ1n) is 8.88. The van der Waals surface area contributed by atoms with Crippen LogP contribution in [0.2, 0.25) is 0 Å². The number of carbonyl (C=O) groups is 3. The zero-order chi connectivity index (χ0) is 18.2. The lowest BCUT2D eigenvalue weighted by atomic mass is 9.99. The van der Waals surface area contributed by atoms with E-state index in [1.54, 1.807) is 0 Å². The number of nitrogens with one attached hydrogen (secondary N) is 1. The van der Waals surface area contributed by atoms with Crippen LogP contribution >= 0.6 is 0 Å². The maximum atomic E-state index is 12.5. The number of carboxylic acids is 1. The molecule has 138 valence electrons. The van der Waals surface area contributed by atoms with E-state index in [0.717, 1.165) is 44.7 Å². The van der Waals surface area contributed by atoms with E-state index in [1.807, 2.05) is 0 Å². The Kier molecular flexibility index (Phi) is 7.28. The molecule has 2 unspecified atom stereocenters. The highest BCUT2D eigenvalue weighted by molar-refractivity contribution is 6.25. The van der Waals surface area contributed by atoms with Crippen molar-refractivity contribution in [1.29, 1.82) is 0 Å². The Hall–Kier alpha value is -2.05. The minimum Gasteiger partial charge on any atom is -0.480 e. The number of carboxylic acid groups (broad SMARTS) is 1. The molecule has 0 heterocycles. The van der Waals surface area contributed by atoms with Crippen molar-refractivity contribution in [2.45, 2.75) is 76.0 Å². The van der Waals surface area contributed by atoms with Gasteiger partial charge in [0.1, 0.15) is 12.1 Å². The fraction of sp³-hybridized carbons (Fsp3) is 0.765. The lowest BCUT2D eigenvalue weighted by molar-refractivity contribution is -0.145. The van der Waals surface area contributed by atoms with Gasteiger partial charge in [0, 0.05) is 6.42 Å². The van der Waals surface area contributed by atoms with Crippen LogP contribution in [0.5, 0.6) is 0 Å².